The first kappa shape index (κ1) is 16.5. The predicted octanol–water partition coefficient (Wildman–Crippen LogP) is 2.58. The van der Waals surface area contributed by atoms with Gasteiger partial charge in [-0.25, -0.2) is 8.42 Å². The average Bonchev–Trinajstić information content (AvgIpc) is 2.86. The third kappa shape index (κ3) is 3.14. The lowest BCUT2D eigenvalue weighted by molar-refractivity contribution is -0.133. The van der Waals surface area contributed by atoms with Crippen molar-refractivity contribution in [2.45, 2.75) is 31.5 Å². The first-order valence-corrected chi connectivity index (χ1v) is 8.85. The lowest BCUT2D eigenvalue weighted by Gasteiger charge is -2.25. The highest BCUT2D eigenvalue weighted by Gasteiger charge is 2.35. The van der Waals surface area contributed by atoms with Crippen molar-refractivity contribution in [2.75, 3.05) is 19.5 Å². The molecule has 7 heteroatoms. The highest BCUT2D eigenvalue weighted by Crippen LogP contribution is 2.41. The first-order valence-electron chi connectivity index (χ1n) is 6.96. The van der Waals surface area contributed by atoms with Gasteiger partial charge in [-0.05, 0) is 26.0 Å². The van der Waals surface area contributed by atoms with E-state index < -0.39 is 15.6 Å². The van der Waals surface area contributed by atoms with Crippen molar-refractivity contribution in [1.82, 2.24) is 0 Å². The molecule has 0 N–H and O–H groups in total. The summed E-state index contributed by atoms with van der Waals surface area (Å²) in [5.41, 5.74) is 0.608. The van der Waals surface area contributed by atoms with Gasteiger partial charge < -0.3 is 18.9 Å². The van der Waals surface area contributed by atoms with Crippen LogP contribution in [0.3, 0.4) is 0 Å². The largest absolute Gasteiger partial charge is 0.492 e. The SMILES string of the molecule is CCOc1cc(C2(C)OC=CO2)cc(OCC)c1S(C)(=O)=O. The lowest BCUT2D eigenvalue weighted by Crippen LogP contribution is -2.23. The van der Waals surface area contributed by atoms with Gasteiger partial charge in [-0.2, -0.15) is 0 Å². The molecule has 1 aliphatic rings. The molecular weight excluding hydrogens is 308 g/mol. The fourth-order valence-corrected chi connectivity index (χ4v) is 3.18. The number of hydrogen-bond donors (Lipinski definition) is 0. The molecule has 1 aromatic rings. The number of hydrogen-bond acceptors (Lipinski definition) is 6. The van der Waals surface area contributed by atoms with E-state index in [1.54, 1.807) is 32.9 Å². The van der Waals surface area contributed by atoms with E-state index in [1.165, 1.54) is 12.5 Å². The van der Waals surface area contributed by atoms with Gasteiger partial charge in [-0.3, -0.25) is 0 Å². The monoisotopic (exact) mass is 328 g/mol. The Morgan fingerprint density at radius 2 is 1.50 bits per heavy atom. The Bertz CT molecular complexity index is 642. The topological polar surface area (TPSA) is 71.1 Å². The molecule has 22 heavy (non-hydrogen) atoms. The van der Waals surface area contributed by atoms with Crippen LogP contribution in [0.5, 0.6) is 11.5 Å². The summed E-state index contributed by atoms with van der Waals surface area (Å²) in [6, 6.07) is 3.21. The van der Waals surface area contributed by atoms with Crippen molar-refractivity contribution < 1.29 is 27.4 Å². The Morgan fingerprint density at radius 3 is 1.86 bits per heavy atom. The summed E-state index contributed by atoms with van der Waals surface area (Å²) in [6.07, 6.45) is 4.00. The predicted molar refractivity (Wildman–Crippen MR) is 80.6 cm³/mol. The highest BCUT2D eigenvalue weighted by atomic mass is 32.2. The van der Waals surface area contributed by atoms with Crippen molar-refractivity contribution in [2.24, 2.45) is 0 Å². The van der Waals surface area contributed by atoms with Crippen LogP contribution >= 0.6 is 0 Å². The molecule has 0 aliphatic carbocycles. The fraction of sp³-hybridized carbons (Fsp3) is 0.467. The molecule has 0 saturated carbocycles. The van der Waals surface area contributed by atoms with Gasteiger partial charge >= 0.3 is 0 Å². The van der Waals surface area contributed by atoms with Crippen molar-refractivity contribution in [1.29, 1.82) is 0 Å². The Balaban J connectivity index is 2.64. The number of rotatable bonds is 6. The zero-order chi connectivity index (χ0) is 16.4. The Labute approximate surface area is 130 Å². The molecule has 6 nitrogen and oxygen atoms in total. The average molecular weight is 328 g/mol. The number of sulfone groups is 1. The zero-order valence-corrected chi connectivity index (χ0v) is 13.9. The summed E-state index contributed by atoms with van der Waals surface area (Å²) >= 11 is 0. The molecule has 1 aliphatic heterocycles. The lowest BCUT2D eigenvalue weighted by atomic mass is 10.1. The van der Waals surface area contributed by atoms with Crippen LogP contribution in [-0.2, 0) is 25.1 Å². The third-order valence-corrected chi connectivity index (χ3v) is 4.30. The second-order valence-corrected chi connectivity index (χ2v) is 6.85. The van der Waals surface area contributed by atoms with Crippen molar-refractivity contribution >= 4 is 9.84 Å². The van der Waals surface area contributed by atoms with Crippen LogP contribution in [0.2, 0.25) is 0 Å². The van der Waals surface area contributed by atoms with Crippen LogP contribution in [0.25, 0.3) is 0 Å². The van der Waals surface area contributed by atoms with Crippen LogP contribution < -0.4 is 9.47 Å². The maximum Gasteiger partial charge on any atom is 0.274 e. The van der Waals surface area contributed by atoms with Crippen LogP contribution in [0.4, 0.5) is 0 Å². The Hall–Kier alpha value is -1.89. The van der Waals surface area contributed by atoms with Gasteiger partial charge in [0.25, 0.3) is 5.79 Å². The summed E-state index contributed by atoms with van der Waals surface area (Å²) in [4.78, 5) is 0.0366. The summed E-state index contributed by atoms with van der Waals surface area (Å²) in [5.74, 6) is -0.578. The summed E-state index contributed by atoms with van der Waals surface area (Å²) in [5, 5.41) is 0. The molecule has 0 fully saturated rings. The molecule has 0 radical (unpaired) electrons. The minimum Gasteiger partial charge on any atom is -0.492 e. The molecule has 0 aromatic heterocycles. The summed E-state index contributed by atoms with van der Waals surface area (Å²) in [7, 11) is -3.52. The molecule has 0 spiro atoms. The van der Waals surface area contributed by atoms with E-state index in [4.69, 9.17) is 18.9 Å². The minimum atomic E-state index is -3.52. The zero-order valence-electron chi connectivity index (χ0n) is 13.1. The van der Waals surface area contributed by atoms with Crippen LogP contribution in [0, 0.1) is 0 Å². The second kappa shape index (κ2) is 6.08. The van der Waals surface area contributed by atoms with E-state index in [0.717, 1.165) is 6.26 Å². The standard InChI is InChI=1S/C15H20O6S/c1-5-18-12-9-11(15(3)20-7-8-21-15)10-13(19-6-2)14(12)22(4,16)17/h7-10H,5-6H2,1-4H3. The normalized spacial score (nSPS) is 16.0. The van der Waals surface area contributed by atoms with E-state index in [9.17, 15) is 8.42 Å². The smallest absolute Gasteiger partial charge is 0.274 e. The van der Waals surface area contributed by atoms with Gasteiger partial charge in [-0.1, -0.05) is 0 Å². The summed E-state index contributed by atoms with van der Waals surface area (Å²) < 4.78 is 46.1. The van der Waals surface area contributed by atoms with Gasteiger partial charge in [0, 0.05) is 18.7 Å². The van der Waals surface area contributed by atoms with Crippen LogP contribution in [0.15, 0.2) is 29.6 Å². The second-order valence-electron chi connectivity index (χ2n) is 4.89. The van der Waals surface area contributed by atoms with Crippen molar-refractivity contribution in [3.8, 4) is 11.5 Å². The van der Waals surface area contributed by atoms with Gasteiger partial charge in [-0.15, -0.1) is 0 Å². The van der Waals surface area contributed by atoms with E-state index in [-0.39, 0.29) is 16.4 Å². The van der Waals surface area contributed by atoms with E-state index in [2.05, 4.69) is 0 Å². The molecule has 0 atom stereocenters. The number of benzene rings is 1. The molecule has 0 unspecified atom stereocenters. The first-order chi connectivity index (χ1) is 10.3. The van der Waals surface area contributed by atoms with Gasteiger partial charge in [0.2, 0.25) is 0 Å². The molecule has 0 amide bonds. The van der Waals surface area contributed by atoms with E-state index in [1.807, 2.05) is 0 Å². The van der Waals surface area contributed by atoms with Gasteiger partial charge in [0.05, 0.1) is 13.2 Å². The Kier molecular flexibility index (Phi) is 4.55. The van der Waals surface area contributed by atoms with E-state index in [0.29, 0.717) is 18.8 Å². The molecule has 122 valence electrons. The highest BCUT2D eigenvalue weighted by molar-refractivity contribution is 7.91. The van der Waals surface area contributed by atoms with Crippen LogP contribution in [-0.4, -0.2) is 27.9 Å². The van der Waals surface area contributed by atoms with Crippen molar-refractivity contribution in [3.63, 3.8) is 0 Å². The minimum absolute atomic E-state index is 0.0366. The van der Waals surface area contributed by atoms with Crippen molar-refractivity contribution in [3.05, 3.63) is 30.2 Å². The summed E-state index contributed by atoms with van der Waals surface area (Å²) in [6.45, 7) is 5.95. The molecule has 0 bridgehead atoms. The number of ether oxygens (including phenoxy) is 4. The fourth-order valence-electron chi connectivity index (χ4n) is 2.21. The van der Waals surface area contributed by atoms with E-state index >= 15 is 0 Å². The third-order valence-electron chi connectivity index (χ3n) is 3.16. The molecular formula is C15H20O6S. The molecule has 0 saturated heterocycles. The molecule has 2 rings (SSSR count). The maximum absolute atomic E-state index is 12.1. The van der Waals surface area contributed by atoms with Gasteiger partial charge in [0.1, 0.15) is 24.0 Å². The Morgan fingerprint density at radius 1 is 1.05 bits per heavy atom. The van der Waals surface area contributed by atoms with Gasteiger partial charge in [0.15, 0.2) is 14.7 Å². The molecule has 1 aromatic carbocycles. The van der Waals surface area contributed by atoms with Crippen LogP contribution in [0.1, 0.15) is 26.3 Å². The maximum atomic E-state index is 12.1. The quantitative estimate of drug-likeness (QED) is 0.799. The molecule has 1 heterocycles.